The predicted octanol–water partition coefficient (Wildman–Crippen LogP) is 3.37. The van der Waals surface area contributed by atoms with Crippen molar-refractivity contribution in [2.75, 3.05) is 30.9 Å². The van der Waals surface area contributed by atoms with E-state index >= 15 is 0 Å². The van der Waals surface area contributed by atoms with Crippen molar-refractivity contribution in [3.8, 4) is 5.75 Å². The molecule has 9 heteroatoms. The SMILES string of the molecule is CCOCCOC(=O)Nc1ccc(N=Nc2ccccc2O)c(N)n1. The minimum Gasteiger partial charge on any atom is -0.506 e. The maximum absolute atomic E-state index is 11.6. The summed E-state index contributed by atoms with van der Waals surface area (Å²) in [6.07, 6.45) is -0.657. The molecule has 1 aromatic carbocycles. The fraction of sp³-hybridized carbons (Fsp3) is 0.250. The summed E-state index contributed by atoms with van der Waals surface area (Å²) in [4.78, 5) is 15.6. The van der Waals surface area contributed by atoms with Crippen molar-refractivity contribution in [2.45, 2.75) is 6.92 Å². The Bertz CT molecular complexity index is 751. The molecule has 2 rings (SSSR count). The number of amides is 1. The Morgan fingerprint density at radius 3 is 2.68 bits per heavy atom. The van der Waals surface area contributed by atoms with Gasteiger partial charge in [-0.25, -0.2) is 9.78 Å². The van der Waals surface area contributed by atoms with Crippen LogP contribution < -0.4 is 11.1 Å². The van der Waals surface area contributed by atoms with Crippen LogP contribution in [0.15, 0.2) is 46.6 Å². The number of azo groups is 1. The van der Waals surface area contributed by atoms with E-state index < -0.39 is 6.09 Å². The summed E-state index contributed by atoms with van der Waals surface area (Å²) < 4.78 is 9.97. The molecule has 0 spiro atoms. The molecule has 0 saturated heterocycles. The van der Waals surface area contributed by atoms with Crippen LogP contribution in [0.3, 0.4) is 0 Å². The first-order chi connectivity index (χ1) is 12.1. The van der Waals surface area contributed by atoms with Crippen LogP contribution in [0.5, 0.6) is 5.75 Å². The van der Waals surface area contributed by atoms with Gasteiger partial charge in [-0.05, 0) is 31.2 Å². The number of carbonyl (C=O) groups is 1. The molecule has 1 amide bonds. The summed E-state index contributed by atoms with van der Waals surface area (Å²) in [6.45, 7) is 2.87. The molecule has 2 aromatic rings. The highest BCUT2D eigenvalue weighted by molar-refractivity contribution is 5.84. The van der Waals surface area contributed by atoms with Gasteiger partial charge in [-0.15, -0.1) is 10.2 Å². The molecule has 0 radical (unpaired) electrons. The van der Waals surface area contributed by atoms with Crippen molar-refractivity contribution in [2.24, 2.45) is 10.2 Å². The Labute approximate surface area is 144 Å². The van der Waals surface area contributed by atoms with Crippen LogP contribution >= 0.6 is 0 Å². The lowest BCUT2D eigenvalue weighted by Crippen LogP contribution is -2.17. The molecule has 0 atom stereocenters. The number of para-hydroxylation sites is 1. The molecule has 1 aromatic heterocycles. The molecule has 0 fully saturated rings. The zero-order chi connectivity index (χ0) is 18.1. The molecule has 25 heavy (non-hydrogen) atoms. The summed E-state index contributed by atoms with van der Waals surface area (Å²) in [6, 6.07) is 9.57. The molecule has 0 aliphatic carbocycles. The van der Waals surface area contributed by atoms with E-state index in [9.17, 15) is 9.90 Å². The van der Waals surface area contributed by atoms with Gasteiger partial charge >= 0.3 is 6.09 Å². The lowest BCUT2D eigenvalue weighted by molar-refractivity contribution is 0.0849. The maximum Gasteiger partial charge on any atom is 0.412 e. The van der Waals surface area contributed by atoms with Crippen LogP contribution in [0, 0.1) is 0 Å². The normalized spacial score (nSPS) is 10.8. The topological polar surface area (TPSA) is 131 Å². The van der Waals surface area contributed by atoms with Crippen LogP contribution in [0.1, 0.15) is 6.92 Å². The number of nitrogen functional groups attached to an aromatic ring is 1. The van der Waals surface area contributed by atoms with E-state index in [1.54, 1.807) is 24.3 Å². The molecule has 9 nitrogen and oxygen atoms in total. The Morgan fingerprint density at radius 1 is 1.20 bits per heavy atom. The monoisotopic (exact) mass is 345 g/mol. The first kappa shape index (κ1) is 18.1. The zero-order valence-electron chi connectivity index (χ0n) is 13.7. The highest BCUT2D eigenvalue weighted by Crippen LogP contribution is 2.29. The third kappa shape index (κ3) is 5.74. The summed E-state index contributed by atoms with van der Waals surface area (Å²) >= 11 is 0. The predicted molar refractivity (Wildman–Crippen MR) is 92.4 cm³/mol. The molecule has 0 aliphatic heterocycles. The molecule has 0 bridgehead atoms. The van der Waals surface area contributed by atoms with E-state index in [-0.39, 0.29) is 24.0 Å². The number of anilines is 2. The molecule has 4 N–H and O–H groups in total. The van der Waals surface area contributed by atoms with Gasteiger partial charge in [0.15, 0.2) is 5.82 Å². The van der Waals surface area contributed by atoms with Gasteiger partial charge in [0.05, 0.1) is 6.61 Å². The van der Waals surface area contributed by atoms with Crippen LogP contribution in [-0.2, 0) is 9.47 Å². The van der Waals surface area contributed by atoms with Gasteiger partial charge in [0, 0.05) is 6.61 Å². The molecule has 132 valence electrons. The van der Waals surface area contributed by atoms with E-state index in [1.165, 1.54) is 12.1 Å². The number of hydrogen-bond donors (Lipinski definition) is 3. The van der Waals surface area contributed by atoms with E-state index in [0.717, 1.165) is 0 Å². The second-order valence-corrected chi connectivity index (χ2v) is 4.75. The average molecular weight is 345 g/mol. The fourth-order valence-electron chi connectivity index (χ4n) is 1.76. The number of nitrogens with one attached hydrogen (secondary N) is 1. The summed E-state index contributed by atoms with van der Waals surface area (Å²) in [5, 5.41) is 19.9. The summed E-state index contributed by atoms with van der Waals surface area (Å²) in [5.41, 5.74) is 6.41. The number of aromatic hydroxyl groups is 1. The van der Waals surface area contributed by atoms with Crippen LogP contribution in [0.25, 0.3) is 0 Å². The Hall–Kier alpha value is -3.20. The van der Waals surface area contributed by atoms with Crippen molar-refractivity contribution >= 4 is 29.1 Å². The number of phenolic OH excluding ortho intramolecular Hbond substituents is 1. The number of benzene rings is 1. The second kappa shape index (κ2) is 9.18. The number of aromatic nitrogens is 1. The lowest BCUT2D eigenvalue weighted by Gasteiger charge is -2.07. The minimum absolute atomic E-state index is 0.00543. The molecule has 0 saturated carbocycles. The van der Waals surface area contributed by atoms with E-state index in [4.69, 9.17) is 15.2 Å². The lowest BCUT2D eigenvalue weighted by atomic mass is 10.3. The number of nitrogens with zero attached hydrogens (tertiary/aromatic N) is 3. The second-order valence-electron chi connectivity index (χ2n) is 4.75. The van der Waals surface area contributed by atoms with Crippen LogP contribution in [-0.4, -0.2) is 36.0 Å². The standard InChI is InChI=1S/C16H19N5O4/c1-2-24-9-10-25-16(23)19-14-8-7-12(15(17)18-14)21-20-11-5-3-4-6-13(11)22/h3-8,22H,2,9-10H2,1H3,(H3,17,18,19,23). The fourth-order valence-corrected chi connectivity index (χ4v) is 1.76. The van der Waals surface area contributed by atoms with Crippen molar-refractivity contribution in [3.63, 3.8) is 0 Å². The highest BCUT2D eigenvalue weighted by Gasteiger charge is 2.07. The third-order valence-electron chi connectivity index (χ3n) is 2.94. The van der Waals surface area contributed by atoms with Crippen LogP contribution in [0.2, 0.25) is 0 Å². The molecule has 1 heterocycles. The number of nitrogens with two attached hydrogens (primary N) is 1. The van der Waals surface area contributed by atoms with Gasteiger partial charge in [-0.1, -0.05) is 12.1 Å². The quantitative estimate of drug-likeness (QED) is 0.521. The first-order valence-corrected chi connectivity index (χ1v) is 7.58. The summed E-state index contributed by atoms with van der Waals surface area (Å²) in [7, 11) is 0. The number of carbonyl (C=O) groups excluding carboxylic acids is 1. The zero-order valence-corrected chi connectivity index (χ0v) is 13.7. The van der Waals surface area contributed by atoms with Gasteiger partial charge in [-0.3, -0.25) is 5.32 Å². The Morgan fingerprint density at radius 2 is 1.96 bits per heavy atom. The number of pyridine rings is 1. The van der Waals surface area contributed by atoms with Gasteiger partial charge in [-0.2, -0.15) is 0 Å². The number of rotatable bonds is 7. The summed E-state index contributed by atoms with van der Waals surface area (Å²) in [5.74, 6) is 0.303. The van der Waals surface area contributed by atoms with Crippen molar-refractivity contribution in [1.29, 1.82) is 0 Å². The average Bonchev–Trinajstić information content (AvgIpc) is 2.59. The Balaban J connectivity index is 1.96. The van der Waals surface area contributed by atoms with Gasteiger partial charge in [0.2, 0.25) is 0 Å². The first-order valence-electron chi connectivity index (χ1n) is 7.58. The van der Waals surface area contributed by atoms with E-state index in [2.05, 4.69) is 20.5 Å². The van der Waals surface area contributed by atoms with Crippen LogP contribution in [0.4, 0.5) is 27.8 Å². The third-order valence-corrected chi connectivity index (χ3v) is 2.94. The maximum atomic E-state index is 11.6. The highest BCUT2D eigenvalue weighted by atomic mass is 16.6. The van der Waals surface area contributed by atoms with E-state index in [0.29, 0.717) is 24.6 Å². The van der Waals surface area contributed by atoms with Crippen molar-refractivity contribution < 1.29 is 19.4 Å². The van der Waals surface area contributed by atoms with Gasteiger partial charge in [0.1, 0.15) is 29.5 Å². The molecular weight excluding hydrogens is 326 g/mol. The van der Waals surface area contributed by atoms with Gasteiger partial charge < -0.3 is 20.3 Å². The number of phenols is 1. The molecule has 0 unspecified atom stereocenters. The molecular formula is C16H19N5O4. The van der Waals surface area contributed by atoms with Crippen molar-refractivity contribution in [1.82, 2.24) is 4.98 Å². The van der Waals surface area contributed by atoms with Gasteiger partial charge in [0.25, 0.3) is 0 Å². The minimum atomic E-state index is -0.657. The van der Waals surface area contributed by atoms with Crippen molar-refractivity contribution in [3.05, 3.63) is 36.4 Å². The number of ether oxygens (including phenoxy) is 2. The smallest absolute Gasteiger partial charge is 0.412 e. The molecule has 0 aliphatic rings. The largest absolute Gasteiger partial charge is 0.506 e. The number of hydrogen-bond acceptors (Lipinski definition) is 8. The van der Waals surface area contributed by atoms with E-state index in [1.807, 2.05) is 6.92 Å². The Kier molecular flexibility index (Phi) is 6.66.